The van der Waals surface area contributed by atoms with Crippen LogP contribution in [0.5, 0.6) is 5.75 Å². The number of para-hydroxylation sites is 1. The fourth-order valence-corrected chi connectivity index (χ4v) is 2.67. The van der Waals surface area contributed by atoms with Crippen molar-refractivity contribution in [1.29, 1.82) is 0 Å². The molecule has 0 aromatic heterocycles. The van der Waals surface area contributed by atoms with Crippen molar-refractivity contribution in [3.05, 3.63) is 30.3 Å². The number of benzene rings is 1. The van der Waals surface area contributed by atoms with E-state index < -0.39 is 9.75 Å². The van der Waals surface area contributed by atoms with E-state index in [4.69, 9.17) is 27.9 Å². The SMILES string of the molecule is CN(CCOc1ccccc1)C(=O)C1(C)CC1(Cl)Cl. The lowest BCUT2D eigenvalue weighted by Gasteiger charge is -2.22. The van der Waals surface area contributed by atoms with Gasteiger partial charge in [0.1, 0.15) is 16.7 Å². The van der Waals surface area contributed by atoms with Gasteiger partial charge in [-0.3, -0.25) is 4.79 Å². The average Bonchev–Trinajstić information content (AvgIpc) is 2.90. The molecule has 0 radical (unpaired) electrons. The maximum atomic E-state index is 12.2. The number of hydrogen-bond donors (Lipinski definition) is 0. The van der Waals surface area contributed by atoms with Gasteiger partial charge in [0, 0.05) is 7.05 Å². The Morgan fingerprint density at radius 3 is 2.47 bits per heavy atom. The molecule has 0 aliphatic heterocycles. The van der Waals surface area contributed by atoms with Gasteiger partial charge in [-0.1, -0.05) is 18.2 Å². The summed E-state index contributed by atoms with van der Waals surface area (Å²) in [5, 5.41) is 0. The van der Waals surface area contributed by atoms with Gasteiger partial charge >= 0.3 is 0 Å². The molecular weight excluding hydrogens is 285 g/mol. The number of rotatable bonds is 5. The minimum atomic E-state index is -0.918. The smallest absolute Gasteiger partial charge is 0.231 e. The molecule has 1 aliphatic rings. The molecule has 1 amide bonds. The molecule has 19 heavy (non-hydrogen) atoms. The molecule has 0 saturated heterocycles. The topological polar surface area (TPSA) is 29.5 Å². The predicted octanol–water partition coefficient (Wildman–Crippen LogP) is 3.11. The highest BCUT2D eigenvalue weighted by Crippen LogP contribution is 2.64. The van der Waals surface area contributed by atoms with Crippen LogP contribution < -0.4 is 4.74 Å². The minimum absolute atomic E-state index is 0.0332. The zero-order chi connectivity index (χ0) is 14.1. The fourth-order valence-electron chi connectivity index (χ4n) is 1.97. The number of halogens is 2. The third-order valence-electron chi connectivity index (χ3n) is 3.52. The summed E-state index contributed by atoms with van der Waals surface area (Å²) in [5.41, 5.74) is -0.655. The molecule has 0 N–H and O–H groups in total. The molecule has 1 fully saturated rings. The first-order valence-corrected chi connectivity index (χ1v) is 6.94. The van der Waals surface area contributed by atoms with Crippen LogP contribution in [0.4, 0.5) is 0 Å². The summed E-state index contributed by atoms with van der Waals surface area (Å²) in [7, 11) is 1.74. The van der Waals surface area contributed by atoms with Crippen LogP contribution in [0.3, 0.4) is 0 Å². The van der Waals surface area contributed by atoms with E-state index in [0.29, 0.717) is 19.6 Å². The van der Waals surface area contributed by atoms with E-state index in [1.54, 1.807) is 18.9 Å². The van der Waals surface area contributed by atoms with Gasteiger partial charge in [0.25, 0.3) is 0 Å². The average molecular weight is 302 g/mol. The van der Waals surface area contributed by atoms with E-state index in [9.17, 15) is 4.79 Å². The third-order valence-corrected chi connectivity index (χ3v) is 4.62. The lowest BCUT2D eigenvalue weighted by molar-refractivity contribution is -0.135. The van der Waals surface area contributed by atoms with Crippen molar-refractivity contribution < 1.29 is 9.53 Å². The molecule has 1 aromatic rings. The van der Waals surface area contributed by atoms with Crippen molar-refractivity contribution in [2.45, 2.75) is 17.7 Å². The number of likely N-dealkylation sites (N-methyl/N-ethyl adjacent to an activating group) is 1. The van der Waals surface area contributed by atoms with Crippen molar-refractivity contribution in [3.63, 3.8) is 0 Å². The van der Waals surface area contributed by atoms with Gasteiger partial charge < -0.3 is 9.64 Å². The van der Waals surface area contributed by atoms with Crippen LogP contribution in [0.15, 0.2) is 30.3 Å². The first-order chi connectivity index (χ1) is 8.87. The lowest BCUT2D eigenvalue weighted by Crippen LogP contribution is -2.37. The molecule has 5 heteroatoms. The number of alkyl halides is 2. The number of carbonyl (C=O) groups is 1. The Labute approximate surface area is 123 Å². The summed E-state index contributed by atoms with van der Waals surface area (Å²) in [6.07, 6.45) is 0.506. The van der Waals surface area contributed by atoms with Crippen LogP contribution in [0.25, 0.3) is 0 Å². The highest BCUT2D eigenvalue weighted by molar-refractivity contribution is 6.53. The van der Waals surface area contributed by atoms with Gasteiger partial charge in [0.05, 0.1) is 12.0 Å². The van der Waals surface area contributed by atoms with E-state index in [2.05, 4.69) is 0 Å². The summed E-state index contributed by atoms with van der Waals surface area (Å²) < 4.78 is 4.63. The summed E-state index contributed by atoms with van der Waals surface area (Å²) in [5.74, 6) is 0.763. The van der Waals surface area contributed by atoms with Gasteiger partial charge in [-0.25, -0.2) is 0 Å². The molecule has 0 heterocycles. The van der Waals surface area contributed by atoms with Crippen molar-refractivity contribution in [2.24, 2.45) is 5.41 Å². The zero-order valence-electron chi connectivity index (χ0n) is 11.0. The summed E-state index contributed by atoms with van der Waals surface area (Å²) in [6, 6.07) is 9.51. The van der Waals surface area contributed by atoms with Gasteiger partial charge in [0.15, 0.2) is 0 Å². The Morgan fingerprint density at radius 1 is 1.37 bits per heavy atom. The van der Waals surface area contributed by atoms with Crippen molar-refractivity contribution in [3.8, 4) is 5.75 Å². The molecular formula is C14H17Cl2NO2. The first-order valence-electron chi connectivity index (χ1n) is 6.18. The van der Waals surface area contributed by atoms with E-state index in [1.807, 2.05) is 30.3 Å². The van der Waals surface area contributed by atoms with Gasteiger partial charge in [-0.15, -0.1) is 23.2 Å². The Morgan fingerprint density at radius 2 is 1.95 bits per heavy atom. The molecule has 1 aliphatic carbocycles. The maximum absolute atomic E-state index is 12.2. The number of amides is 1. The molecule has 3 nitrogen and oxygen atoms in total. The Balaban J connectivity index is 1.79. The highest BCUT2D eigenvalue weighted by atomic mass is 35.5. The number of hydrogen-bond acceptors (Lipinski definition) is 2. The van der Waals surface area contributed by atoms with Crippen molar-refractivity contribution in [1.82, 2.24) is 4.90 Å². The standard InChI is InChI=1S/C14H17Cl2NO2/c1-13(10-14(13,15)16)12(18)17(2)8-9-19-11-6-4-3-5-7-11/h3-7H,8-10H2,1-2H3. The minimum Gasteiger partial charge on any atom is -0.492 e. The molecule has 1 aromatic carbocycles. The summed E-state index contributed by atoms with van der Waals surface area (Å²) in [6.45, 7) is 2.75. The monoisotopic (exact) mass is 301 g/mol. The third kappa shape index (κ3) is 2.98. The molecule has 1 unspecified atom stereocenters. The molecule has 2 rings (SSSR count). The molecule has 1 atom stereocenters. The normalized spacial score (nSPS) is 23.8. The van der Waals surface area contributed by atoms with Gasteiger partial charge in [-0.2, -0.15) is 0 Å². The largest absolute Gasteiger partial charge is 0.492 e. The zero-order valence-corrected chi connectivity index (χ0v) is 12.5. The molecule has 1 saturated carbocycles. The second-order valence-corrected chi connectivity index (χ2v) is 6.59. The highest BCUT2D eigenvalue weighted by Gasteiger charge is 2.68. The van der Waals surface area contributed by atoms with Crippen LogP contribution >= 0.6 is 23.2 Å². The van der Waals surface area contributed by atoms with E-state index in [0.717, 1.165) is 5.75 Å². The first kappa shape index (κ1) is 14.5. The van der Waals surface area contributed by atoms with Crippen LogP contribution in [-0.4, -0.2) is 35.3 Å². The van der Waals surface area contributed by atoms with Crippen LogP contribution in [0, 0.1) is 5.41 Å². The van der Waals surface area contributed by atoms with E-state index in [1.165, 1.54) is 0 Å². The number of carbonyl (C=O) groups excluding carboxylic acids is 1. The molecule has 0 bridgehead atoms. The van der Waals surface area contributed by atoms with Crippen LogP contribution in [0.1, 0.15) is 13.3 Å². The second-order valence-electron chi connectivity index (χ2n) is 5.10. The Kier molecular flexibility index (Phi) is 3.98. The Hall–Kier alpha value is -0.930. The fraction of sp³-hybridized carbons (Fsp3) is 0.500. The maximum Gasteiger partial charge on any atom is 0.231 e. The van der Waals surface area contributed by atoms with E-state index in [-0.39, 0.29) is 5.91 Å². The molecule has 104 valence electrons. The summed E-state index contributed by atoms with van der Waals surface area (Å²) in [4.78, 5) is 13.8. The summed E-state index contributed by atoms with van der Waals surface area (Å²) >= 11 is 12.0. The van der Waals surface area contributed by atoms with Gasteiger partial charge in [-0.05, 0) is 25.5 Å². The van der Waals surface area contributed by atoms with Crippen molar-refractivity contribution >= 4 is 29.1 Å². The quantitative estimate of drug-likeness (QED) is 0.782. The molecule has 0 spiro atoms. The number of nitrogens with zero attached hydrogens (tertiary/aromatic N) is 1. The second kappa shape index (κ2) is 5.22. The lowest BCUT2D eigenvalue weighted by atomic mass is 10.1. The van der Waals surface area contributed by atoms with E-state index >= 15 is 0 Å². The van der Waals surface area contributed by atoms with Crippen LogP contribution in [-0.2, 0) is 4.79 Å². The number of ether oxygens (including phenoxy) is 1. The predicted molar refractivity (Wildman–Crippen MR) is 76.7 cm³/mol. The van der Waals surface area contributed by atoms with Gasteiger partial charge in [0.2, 0.25) is 5.91 Å². The van der Waals surface area contributed by atoms with Crippen LogP contribution in [0.2, 0.25) is 0 Å². The Bertz CT molecular complexity index is 464. The van der Waals surface area contributed by atoms with Crippen molar-refractivity contribution in [2.75, 3.05) is 20.2 Å².